The number of hydrogen-bond acceptors (Lipinski definition) is 6. The number of ether oxygens (including phenoxy) is 2. The van der Waals surface area contributed by atoms with Crippen molar-refractivity contribution < 1.29 is 27.5 Å². The van der Waals surface area contributed by atoms with Gasteiger partial charge in [-0.25, -0.2) is 18.0 Å². The summed E-state index contributed by atoms with van der Waals surface area (Å²) in [7, 11) is -3.52. The molecule has 1 aromatic carbocycles. The van der Waals surface area contributed by atoms with Crippen molar-refractivity contribution in [1.82, 2.24) is 10.2 Å². The third-order valence-electron chi connectivity index (χ3n) is 4.33. The molecule has 1 heterocycles. The second-order valence-electron chi connectivity index (χ2n) is 7.84. The summed E-state index contributed by atoms with van der Waals surface area (Å²) in [4.78, 5) is 25.6. The fourth-order valence-electron chi connectivity index (χ4n) is 2.89. The quantitative estimate of drug-likeness (QED) is 0.769. The molecular formula is C19H28N2O6S. The van der Waals surface area contributed by atoms with Gasteiger partial charge >= 0.3 is 12.2 Å². The third kappa shape index (κ3) is 6.40. The zero-order chi connectivity index (χ0) is 20.9. The fraction of sp³-hybridized carbons (Fsp3) is 0.579. The van der Waals surface area contributed by atoms with Gasteiger partial charge in [0.05, 0.1) is 11.3 Å². The lowest BCUT2D eigenvalue weighted by Gasteiger charge is -2.43. The zero-order valence-corrected chi connectivity index (χ0v) is 17.5. The highest BCUT2D eigenvalue weighted by atomic mass is 32.2. The molecule has 2 amide bonds. The standard InChI is InChI=1S/C19H28N2O6S/c1-19(2,3)27-17(22)20-12-16(28(4,24)25)15-10-11-21(15)18(23)26-13-14-8-6-5-7-9-14/h5-9,15-16H,10-13H2,1-4H3,(H,20,22). The first-order valence-electron chi connectivity index (χ1n) is 9.10. The minimum Gasteiger partial charge on any atom is -0.445 e. The molecule has 0 bridgehead atoms. The number of hydrogen-bond donors (Lipinski definition) is 1. The van der Waals surface area contributed by atoms with Crippen molar-refractivity contribution in [3.05, 3.63) is 35.9 Å². The van der Waals surface area contributed by atoms with E-state index in [1.165, 1.54) is 4.90 Å². The van der Waals surface area contributed by atoms with Crippen molar-refractivity contribution in [3.63, 3.8) is 0 Å². The van der Waals surface area contributed by atoms with E-state index in [1.807, 2.05) is 30.3 Å². The van der Waals surface area contributed by atoms with Crippen LogP contribution in [0.15, 0.2) is 30.3 Å². The predicted molar refractivity (Wildman–Crippen MR) is 105 cm³/mol. The van der Waals surface area contributed by atoms with Crippen molar-refractivity contribution in [2.45, 2.75) is 50.7 Å². The number of sulfone groups is 1. The summed E-state index contributed by atoms with van der Waals surface area (Å²) in [6.07, 6.45) is 0.360. The molecular weight excluding hydrogens is 384 g/mol. The second kappa shape index (κ2) is 8.81. The lowest BCUT2D eigenvalue weighted by Crippen LogP contribution is -2.61. The first-order valence-corrected chi connectivity index (χ1v) is 11.1. The van der Waals surface area contributed by atoms with Crippen LogP contribution in [-0.4, -0.2) is 61.7 Å². The maximum Gasteiger partial charge on any atom is 0.410 e. The SMILES string of the molecule is CC(C)(C)OC(=O)NCC(C1CCN1C(=O)OCc1ccccc1)S(C)(=O)=O. The molecule has 0 spiro atoms. The summed E-state index contributed by atoms with van der Waals surface area (Å²) in [6.45, 7) is 5.55. The van der Waals surface area contributed by atoms with E-state index >= 15 is 0 Å². The number of carbonyl (C=O) groups excluding carboxylic acids is 2. The summed E-state index contributed by atoms with van der Waals surface area (Å²) in [5.41, 5.74) is 0.160. The van der Waals surface area contributed by atoms with E-state index in [-0.39, 0.29) is 13.2 Å². The van der Waals surface area contributed by atoms with Gasteiger partial charge in [-0.15, -0.1) is 0 Å². The Hall–Kier alpha value is -2.29. The smallest absolute Gasteiger partial charge is 0.410 e. The maximum absolute atomic E-state index is 12.4. The number of carbonyl (C=O) groups is 2. The van der Waals surface area contributed by atoms with Crippen LogP contribution in [0.4, 0.5) is 9.59 Å². The van der Waals surface area contributed by atoms with E-state index in [0.717, 1.165) is 11.8 Å². The molecule has 156 valence electrons. The van der Waals surface area contributed by atoms with Gasteiger partial charge in [0.1, 0.15) is 12.2 Å². The molecule has 0 aliphatic carbocycles. The normalized spacial score (nSPS) is 18.0. The van der Waals surface area contributed by atoms with Gasteiger partial charge < -0.3 is 19.7 Å². The first kappa shape index (κ1) is 22.0. The molecule has 9 heteroatoms. The molecule has 28 heavy (non-hydrogen) atoms. The zero-order valence-electron chi connectivity index (χ0n) is 16.7. The van der Waals surface area contributed by atoms with Crippen LogP contribution in [0.3, 0.4) is 0 Å². The average molecular weight is 413 g/mol. The molecule has 1 aliphatic rings. The van der Waals surface area contributed by atoms with Crippen LogP contribution < -0.4 is 5.32 Å². The third-order valence-corrected chi connectivity index (χ3v) is 5.91. The van der Waals surface area contributed by atoms with E-state index in [2.05, 4.69) is 5.32 Å². The van der Waals surface area contributed by atoms with E-state index < -0.39 is 38.9 Å². The van der Waals surface area contributed by atoms with Crippen LogP contribution in [0.25, 0.3) is 0 Å². The van der Waals surface area contributed by atoms with E-state index in [9.17, 15) is 18.0 Å². The summed E-state index contributed by atoms with van der Waals surface area (Å²) in [6, 6.07) is 8.68. The summed E-state index contributed by atoms with van der Waals surface area (Å²) in [5.74, 6) is 0. The molecule has 0 aromatic heterocycles. The second-order valence-corrected chi connectivity index (χ2v) is 10.1. The van der Waals surface area contributed by atoms with Crippen LogP contribution in [-0.2, 0) is 25.9 Å². The molecule has 1 fully saturated rings. The Morgan fingerprint density at radius 1 is 1.25 bits per heavy atom. The Bertz CT molecular complexity index is 788. The van der Waals surface area contributed by atoms with Crippen LogP contribution >= 0.6 is 0 Å². The Morgan fingerprint density at radius 2 is 1.89 bits per heavy atom. The minimum atomic E-state index is -3.52. The van der Waals surface area contributed by atoms with Gasteiger partial charge in [0.25, 0.3) is 0 Å². The van der Waals surface area contributed by atoms with Gasteiger partial charge in [0, 0.05) is 19.3 Å². The lowest BCUT2D eigenvalue weighted by atomic mass is 10.00. The molecule has 1 aliphatic heterocycles. The highest BCUT2D eigenvalue weighted by Gasteiger charge is 2.43. The molecule has 2 atom stereocenters. The molecule has 1 aromatic rings. The monoisotopic (exact) mass is 412 g/mol. The van der Waals surface area contributed by atoms with Gasteiger partial charge in [-0.1, -0.05) is 30.3 Å². The highest BCUT2D eigenvalue weighted by Crippen LogP contribution is 2.26. The Labute approximate surface area is 166 Å². The summed E-state index contributed by atoms with van der Waals surface area (Å²) >= 11 is 0. The molecule has 1 saturated heterocycles. The van der Waals surface area contributed by atoms with Gasteiger partial charge in [0.2, 0.25) is 0 Å². The summed E-state index contributed by atoms with van der Waals surface area (Å²) < 4.78 is 34.9. The van der Waals surface area contributed by atoms with Crippen LogP contribution in [0, 0.1) is 0 Å². The van der Waals surface area contributed by atoms with Crippen molar-refractivity contribution in [2.24, 2.45) is 0 Å². The molecule has 2 rings (SSSR count). The molecule has 8 nitrogen and oxygen atoms in total. The largest absolute Gasteiger partial charge is 0.445 e. The number of likely N-dealkylation sites (tertiary alicyclic amines) is 1. The van der Waals surface area contributed by atoms with Gasteiger partial charge in [0.15, 0.2) is 9.84 Å². The lowest BCUT2D eigenvalue weighted by molar-refractivity contribution is 0.0398. The average Bonchev–Trinajstić information content (AvgIpc) is 2.53. The number of benzene rings is 1. The van der Waals surface area contributed by atoms with E-state index in [1.54, 1.807) is 20.8 Å². The molecule has 1 N–H and O–H groups in total. The number of rotatable bonds is 6. The highest BCUT2D eigenvalue weighted by molar-refractivity contribution is 7.91. The van der Waals surface area contributed by atoms with Gasteiger partial charge in [-0.2, -0.15) is 0 Å². The Balaban J connectivity index is 1.96. The van der Waals surface area contributed by atoms with Crippen molar-refractivity contribution in [3.8, 4) is 0 Å². The summed E-state index contributed by atoms with van der Waals surface area (Å²) in [5, 5.41) is 1.56. The minimum absolute atomic E-state index is 0.114. The maximum atomic E-state index is 12.4. The van der Waals surface area contributed by atoms with Crippen molar-refractivity contribution in [1.29, 1.82) is 0 Å². The van der Waals surface area contributed by atoms with Crippen LogP contribution in [0.5, 0.6) is 0 Å². The van der Waals surface area contributed by atoms with Crippen molar-refractivity contribution >= 4 is 22.0 Å². The van der Waals surface area contributed by atoms with Crippen LogP contribution in [0.2, 0.25) is 0 Å². The predicted octanol–water partition coefficient (Wildman–Crippen LogP) is 2.34. The van der Waals surface area contributed by atoms with Crippen molar-refractivity contribution in [2.75, 3.05) is 19.3 Å². The van der Waals surface area contributed by atoms with Gasteiger partial charge in [-0.3, -0.25) is 0 Å². The first-order chi connectivity index (χ1) is 13.0. The fourth-order valence-corrected chi connectivity index (χ4v) is 4.13. The Morgan fingerprint density at radius 3 is 2.39 bits per heavy atom. The number of amides is 2. The van der Waals surface area contributed by atoms with E-state index in [0.29, 0.717) is 13.0 Å². The number of nitrogens with one attached hydrogen (secondary N) is 1. The molecule has 0 saturated carbocycles. The van der Waals surface area contributed by atoms with Crippen LogP contribution in [0.1, 0.15) is 32.8 Å². The van der Waals surface area contributed by atoms with E-state index in [4.69, 9.17) is 9.47 Å². The van der Waals surface area contributed by atoms with Gasteiger partial charge in [-0.05, 0) is 32.8 Å². The Kier molecular flexibility index (Phi) is 6.92. The molecule has 0 radical (unpaired) electrons. The molecule has 2 unspecified atom stereocenters. The topological polar surface area (TPSA) is 102 Å². The number of alkyl carbamates (subject to hydrolysis) is 1. The number of nitrogens with zero attached hydrogens (tertiary/aromatic N) is 1.